The van der Waals surface area contributed by atoms with E-state index in [0.717, 1.165) is 19.1 Å². The molecule has 4 heteroatoms. The van der Waals surface area contributed by atoms with Crippen LogP contribution >= 0.6 is 0 Å². The van der Waals surface area contributed by atoms with Crippen molar-refractivity contribution in [2.45, 2.75) is 18.9 Å². The van der Waals surface area contributed by atoms with E-state index in [1.165, 1.54) is 4.90 Å². The van der Waals surface area contributed by atoms with Crippen molar-refractivity contribution >= 4 is 12.4 Å². The first-order valence-electron chi connectivity index (χ1n) is 4.17. The number of aldehydes is 1. The van der Waals surface area contributed by atoms with Crippen molar-refractivity contribution < 1.29 is 14.7 Å². The summed E-state index contributed by atoms with van der Waals surface area (Å²) < 4.78 is 0. The Morgan fingerprint density at radius 1 is 1.42 bits per heavy atom. The summed E-state index contributed by atoms with van der Waals surface area (Å²) in [4.78, 5) is 22.5. The number of rotatable bonds is 1. The van der Waals surface area contributed by atoms with Gasteiger partial charge < -0.3 is 9.90 Å². The fourth-order valence-electron chi connectivity index (χ4n) is 2.00. The van der Waals surface area contributed by atoms with Crippen molar-refractivity contribution in [3.63, 3.8) is 0 Å². The first-order chi connectivity index (χ1) is 5.72. The summed E-state index contributed by atoms with van der Waals surface area (Å²) >= 11 is 0. The van der Waals surface area contributed by atoms with Gasteiger partial charge in [0.05, 0.1) is 6.04 Å². The monoisotopic (exact) mass is 169 g/mol. The summed E-state index contributed by atoms with van der Waals surface area (Å²) in [5.74, 6) is 1.16. The Bertz CT molecular complexity index is 228. The molecule has 12 heavy (non-hydrogen) atoms. The van der Waals surface area contributed by atoms with Crippen LogP contribution in [0, 0.1) is 11.8 Å². The van der Waals surface area contributed by atoms with E-state index in [9.17, 15) is 9.59 Å². The van der Waals surface area contributed by atoms with Gasteiger partial charge in [-0.25, -0.2) is 4.79 Å². The standard InChI is InChI=1S/C8H11NO3/c10-4-7-2-5-1-6(5)3-9(7)8(11)12/h4-7H,1-3H2,(H,11,12). The molecule has 1 saturated carbocycles. The number of hydrogen-bond donors (Lipinski definition) is 1. The molecule has 0 aromatic heterocycles. The molecule has 4 nitrogen and oxygen atoms in total. The lowest BCUT2D eigenvalue weighted by atomic mass is 10.0. The van der Waals surface area contributed by atoms with Gasteiger partial charge >= 0.3 is 6.09 Å². The quantitative estimate of drug-likeness (QED) is 0.584. The molecule has 1 N–H and O–H groups in total. The Labute approximate surface area is 70.2 Å². The summed E-state index contributed by atoms with van der Waals surface area (Å²) in [5.41, 5.74) is 0. The Kier molecular flexibility index (Phi) is 1.56. The predicted octanol–water partition coefficient (Wildman–Crippen LogP) is 0.574. The van der Waals surface area contributed by atoms with Gasteiger partial charge in [0, 0.05) is 6.54 Å². The van der Waals surface area contributed by atoms with Gasteiger partial charge in [0.15, 0.2) is 0 Å². The van der Waals surface area contributed by atoms with Crippen LogP contribution in [-0.2, 0) is 4.79 Å². The van der Waals surface area contributed by atoms with E-state index in [0.29, 0.717) is 18.4 Å². The number of carbonyl (C=O) groups is 2. The van der Waals surface area contributed by atoms with Crippen LogP contribution in [0.3, 0.4) is 0 Å². The smallest absolute Gasteiger partial charge is 0.407 e. The average Bonchev–Trinajstić information content (AvgIpc) is 2.79. The van der Waals surface area contributed by atoms with Crippen LogP contribution in [-0.4, -0.2) is 35.0 Å². The summed E-state index contributed by atoms with van der Waals surface area (Å²) in [7, 11) is 0. The summed E-state index contributed by atoms with van der Waals surface area (Å²) in [6, 6.07) is -0.383. The maximum absolute atomic E-state index is 10.7. The van der Waals surface area contributed by atoms with Crippen LogP contribution in [0.2, 0.25) is 0 Å². The van der Waals surface area contributed by atoms with Crippen molar-refractivity contribution in [3.8, 4) is 0 Å². The Morgan fingerprint density at radius 2 is 2.17 bits per heavy atom. The second-order valence-electron chi connectivity index (χ2n) is 3.63. The van der Waals surface area contributed by atoms with Crippen LogP contribution in [0.5, 0.6) is 0 Å². The minimum Gasteiger partial charge on any atom is -0.465 e. The number of carbonyl (C=O) groups excluding carboxylic acids is 1. The lowest BCUT2D eigenvalue weighted by Gasteiger charge is -2.29. The highest BCUT2D eigenvalue weighted by molar-refractivity contribution is 5.72. The number of amides is 1. The lowest BCUT2D eigenvalue weighted by Crippen LogP contribution is -2.44. The topological polar surface area (TPSA) is 57.6 Å². The molecule has 0 aromatic carbocycles. The molecule has 66 valence electrons. The molecular weight excluding hydrogens is 158 g/mol. The van der Waals surface area contributed by atoms with Gasteiger partial charge in [0.2, 0.25) is 0 Å². The van der Waals surface area contributed by atoms with Gasteiger partial charge in [-0.2, -0.15) is 0 Å². The van der Waals surface area contributed by atoms with E-state index in [2.05, 4.69) is 0 Å². The molecule has 0 spiro atoms. The maximum Gasteiger partial charge on any atom is 0.407 e. The van der Waals surface area contributed by atoms with Gasteiger partial charge in [-0.3, -0.25) is 4.90 Å². The molecule has 1 saturated heterocycles. The fraction of sp³-hybridized carbons (Fsp3) is 0.750. The molecule has 0 bridgehead atoms. The molecule has 1 aliphatic carbocycles. The average molecular weight is 169 g/mol. The fourth-order valence-corrected chi connectivity index (χ4v) is 2.00. The van der Waals surface area contributed by atoms with Crippen LogP contribution in [0.4, 0.5) is 4.79 Å². The minimum absolute atomic E-state index is 0.383. The molecule has 2 rings (SSSR count). The minimum atomic E-state index is -0.961. The van der Waals surface area contributed by atoms with Crippen molar-refractivity contribution in [1.29, 1.82) is 0 Å². The molecule has 2 aliphatic rings. The van der Waals surface area contributed by atoms with Crippen molar-refractivity contribution in [3.05, 3.63) is 0 Å². The number of fused-ring (bicyclic) bond motifs is 1. The van der Waals surface area contributed by atoms with Crippen molar-refractivity contribution in [2.75, 3.05) is 6.54 Å². The van der Waals surface area contributed by atoms with Gasteiger partial charge in [-0.05, 0) is 24.7 Å². The van der Waals surface area contributed by atoms with E-state index >= 15 is 0 Å². The summed E-state index contributed by atoms with van der Waals surface area (Å²) in [6.07, 6.45) is 1.63. The number of hydrogen-bond acceptors (Lipinski definition) is 2. The van der Waals surface area contributed by atoms with Crippen LogP contribution in [0.25, 0.3) is 0 Å². The van der Waals surface area contributed by atoms with Gasteiger partial charge in [0.25, 0.3) is 0 Å². The highest BCUT2D eigenvalue weighted by Gasteiger charge is 2.46. The Morgan fingerprint density at radius 3 is 2.75 bits per heavy atom. The predicted molar refractivity (Wildman–Crippen MR) is 40.8 cm³/mol. The van der Waals surface area contributed by atoms with Crippen molar-refractivity contribution in [1.82, 2.24) is 4.90 Å². The van der Waals surface area contributed by atoms with E-state index in [1.807, 2.05) is 0 Å². The zero-order valence-electron chi connectivity index (χ0n) is 6.64. The van der Waals surface area contributed by atoms with E-state index < -0.39 is 6.09 Å². The summed E-state index contributed by atoms with van der Waals surface area (Å²) in [6.45, 7) is 0.559. The number of piperidine rings is 1. The molecule has 0 aromatic rings. The van der Waals surface area contributed by atoms with Crippen LogP contribution in [0.15, 0.2) is 0 Å². The van der Waals surface area contributed by atoms with E-state index in [4.69, 9.17) is 5.11 Å². The molecule has 2 fully saturated rings. The first kappa shape index (κ1) is 7.58. The number of likely N-dealkylation sites (tertiary alicyclic amines) is 1. The van der Waals surface area contributed by atoms with E-state index in [1.54, 1.807) is 0 Å². The second kappa shape index (κ2) is 2.47. The normalized spacial score (nSPS) is 38.7. The van der Waals surface area contributed by atoms with E-state index in [-0.39, 0.29) is 6.04 Å². The maximum atomic E-state index is 10.7. The van der Waals surface area contributed by atoms with Gasteiger partial charge in [0.1, 0.15) is 6.29 Å². The highest BCUT2D eigenvalue weighted by Crippen LogP contribution is 2.46. The third-order valence-electron chi connectivity index (χ3n) is 2.85. The SMILES string of the molecule is O=CC1CC2CC2CN1C(=O)O. The number of carboxylic acid groups (broad SMARTS) is 1. The molecule has 3 atom stereocenters. The van der Waals surface area contributed by atoms with Crippen molar-refractivity contribution in [2.24, 2.45) is 11.8 Å². The van der Waals surface area contributed by atoms with Crippen LogP contribution in [0.1, 0.15) is 12.8 Å². The Balaban J connectivity index is 2.08. The lowest BCUT2D eigenvalue weighted by molar-refractivity contribution is -0.112. The van der Waals surface area contributed by atoms with Gasteiger partial charge in [-0.1, -0.05) is 0 Å². The molecular formula is C8H11NO3. The third kappa shape index (κ3) is 1.07. The summed E-state index contributed by atoms with van der Waals surface area (Å²) in [5, 5.41) is 8.74. The largest absolute Gasteiger partial charge is 0.465 e. The third-order valence-corrected chi connectivity index (χ3v) is 2.85. The molecule has 1 amide bonds. The Hall–Kier alpha value is -1.06. The molecule has 1 aliphatic heterocycles. The molecule has 1 heterocycles. The van der Waals surface area contributed by atoms with Crippen LogP contribution < -0.4 is 0 Å². The second-order valence-corrected chi connectivity index (χ2v) is 3.63. The zero-order chi connectivity index (χ0) is 8.72. The van der Waals surface area contributed by atoms with Gasteiger partial charge in [-0.15, -0.1) is 0 Å². The molecule has 0 radical (unpaired) electrons. The molecule has 3 unspecified atom stereocenters. The first-order valence-corrected chi connectivity index (χ1v) is 4.17. The zero-order valence-corrected chi connectivity index (χ0v) is 6.64. The highest BCUT2D eigenvalue weighted by atomic mass is 16.4. The number of nitrogens with zero attached hydrogens (tertiary/aromatic N) is 1.